The summed E-state index contributed by atoms with van der Waals surface area (Å²) in [7, 11) is -5.13. The predicted molar refractivity (Wildman–Crippen MR) is 247 cm³/mol. The second kappa shape index (κ2) is 29.8. The lowest BCUT2D eigenvalue weighted by molar-refractivity contribution is -0.378. The number of carbonyl (C=O) groups is 3. The summed E-state index contributed by atoms with van der Waals surface area (Å²) >= 11 is 0. The highest BCUT2D eigenvalue weighted by molar-refractivity contribution is 7.80. The van der Waals surface area contributed by atoms with Crippen LogP contribution in [0.1, 0.15) is 20.8 Å². The van der Waals surface area contributed by atoms with Crippen LogP contribution in [0.5, 0.6) is 0 Å². The third kappa shape index (κ3) is 16.5. The van der Waals surface area contributed by atoms with Crippen molar-refractivity contribution in [1.82, 2.24) is 16.0 Å². The van der Waals surface area contributed by atoms with Crippen molar-refractivity contribution in [3.8, 4) is 0 Å². The van der Waals surface area contributed by atoms with Crippen LogP contribution in [0.25, 0.3) is 0 Å². The lowest BCUT2D eigenvalue weighted by Gasteiger charge is -2.50. The topological polar surface area (TPSA) is 587 Å². The van der Waals surface area contributed by atoms with E-state index in [4.69, 9.17) is 51.9 Å². The fraction of sp³-hybridized carbons (Fsp3) is 0.929. The van der Waals surface area contributed by atoms with Crippen LogP contribution < -0.4 is 16.0 Å². The molecule has 0 aromatic heterocycles. The smallest absolute Gasteiger partial charge is 0.394 e. The van der Waals surface area contributed by atoms with Crippen LogP contribution in [-0.4, -0.2) is 342 Å². The predicted octanol–water partition coefficient (Wildman–Crippen LogP) is -14.2. The molecule has 0 bridgehead atoms. The van der Waals surface area contributed by atoms with Crippen LogP contribution in [0, 0.1) is 0 Å². The Kier molecular flexibility index (Phi) is 25.3. The van der Waals surface area contributed by atoms with Gasteiger partial charge in [0, 0.05) is 20.8 Å². The van der Waals surface area contributed by atoms with Gasteiger partial charge in [-0.1, -0.05) is 0 Å². The number of aliphatic hydroxyl groups excluding tert-OH is 17. The number of aliphatic hydroxyl groups is 17. The maximum atomic E-state index is 12.5. The van der Waals surface area contributed by atoms with Gasteiger partial charge < -0.3 is 150 Å². The number of rotatable bonds is 25. The van der Waals surface area contributed by atoms with Crippen molar-refractivity contribution < 1.29 is 166 Å². The summed E-state index contributed by atoms with van der Waals surface area (Å²) in [5.74, 6) is -2.55. The van der Waals surface area contributed by atoms with Gasteiger partial charge in [-0.05, 0) is 0 Å². The van der Waals surface area contributed by atoms with Gasteiger partial charge in [-0.25, -0.2) is 4.18 Å². The van der Waals surface area contributed by atoms with Crippen molar-refractivity contribution in [2.75, 3.05) is 46.2 Å². The molecule has 0 spiro atoms. The van der Waals surface area contributed by atoms with Gasteiger partial charge in [-0.2, -0.15) is 8.42 Å². The first-order valence-electron chi connectivity index (χ1n) is 24.7. The van der Waals surface area contributed by atoms with Gasteiger partial charge >= 0.3 is 10.4 Å². The minimum absolute atomic E-state index is 0.796. The monoisotopic (exact) mass is 1200 g/mol. The molecule has 5 aliphatic heterocycles. The van der Waals surface area contributed by atoms with E-state index in [2.05, 4.69) is 20.1 Å². The Labute approximate surface area is 453 Å². The number of ether oxygens (including phenoxy) is 10. The van der Waals surface area contributed by atoms with E-state index in [1.165, 1.54) is 0 Å². The molecule has 3 amide bonds. The normalized spacial score (nSPS) is 42.4. The van der Waals surface area contributed by atoms with Crippen molar-refractivity contribution in [2.24, 2.45) is 0 Å². The van der Waals surface area contributed by atoms with E-state index in [1.54, 1.807) is 0 Å². The van der Waals surface area contributed by atoms with E-state index >= 15 is 0 Å². The first-order chi connectivity index (χ1) is 37.5. The molecular weight excluding hydrogens is 1120 g/mol. The molecule has 0 aliphatic carbocycles. The molecule has 5 heterocycles. The quantitative estimate of drug-likeness (QED) is 0.0378. The highest BCUT2D eigenvalue weighted by Crippen LogP contribution is 2.35. The van der Waals surface area contributed by atoms with E-state index in [0.29, 0.717) is 0 Å². The van der Waals surface area contributed by atoms with Crippen molar-refractivity contribution in [3.63, 3.8) is 0 Å². The van der Waals surface area contributed by atoms with Gasteiger partial charge in [-0.3, -0.25) is 18.9 Å². The van der Waals surface area contributed by atoms with Gasteiger partial charge in [0.2, 0.25) is 17.7 Å². The molecule has 0 unspecified atom stereocenters. The molecule has 29 atom stereocenters. The largest absolute Gasteiger partial charge is 0.397 e. The van der Waals surface area contributed by atoms with Crippen LogP contribution in [0.4, 0.5) is 0 Å². The second-order valence-corrected chi connectivity index (χ2v) is 20.4. The van der Waals surface area contributed by atoms with Gasteiger partial charge in [-0.15, -0.1) is 0 Å². The van der Waals surface area contributed by atoms with Crippen LogP contribution in [0.3, 0.4) is 0 Å². The highest BCUT2D eigenvalue weighted by Gasteiger charge is 2.57. The minimum atomic E-state index is -5.13. The Morgan fingerprint density at radius 1 is 0.500 bits per heavy atom. The summed E-state index contributed by atoms with van der Waals surface area (Å²) in [6.07, 6.45) is -51.7. The Balaban J connectivity index is 1.33. The van der Waals surface area contributed by atoms with Crippen LogP contribution >= 0.6 is 0 Å². The fourth-order valence-corrected chi connectivity index (χ4v) is 9.67. The van der Waals surface area contributed by atoms with E-state index in [9.17, 15) is 110 Å². The lowest BCUT2D eigenvalue weighted by atomic mass is 9.94. The Bertz CT molecular complexity index is 2070. The van der Waals surface area contributed by atoms with E-state index < -0.39 is 252 Å². The molecule has 0 aromatic rings. The van der Waals surface area contributed by atoms with Gasteiger partial charge in [0.25, 0.3) is 0 Å². The highest BCUT2D eigenvalue weighted by atomic mass is 32.3. The van der Waals surface area contributed by atoms with Crippen molar-refractivity contribution in [1.29, 1.82) is 0 Å². The fourth-order valence-electron chi connectivity index (χ4n) is 9.37. The number of hydrogen-bond acceptors (Lipinski definition) is 33. The summed E-state index contributed by atoms with van der Waals surface area (Å²) < 4.78 is 92.3. The molecule has 80 heavy (non-hydrogen) atoms. The second-order valence-electron chi connectivity index (χ2n) is 19.3. The van der Waals surface area contributed by atoms with Gasteiger partial charge in [0.05, 0.1) is 52.3 Å². The standard InChI is InChI=1S/C42H73N3O34S/c1-11(51)43-14(4-46)34(76-40-31(63)29(61)24(56)16(5-47)71-40)23(55)15(54)9-69-38-21(44-12(2)52)27(59)35(18(7-49)73-38)78-42-33(65)37(26(58)17(6-48)72-42)79-39-22(45-13(3)53)28(60)36(19(8-50)74-39)77-41-32(64)30(62)25(57)20(75-41)10-70-80(66,67)68/h14-42,46-50,54-65H,4-10H2,1-3H3,(H,43,51)(H,44,52)(H,45,53)(H,66,67,68)/t14-,15+,16+,17+,18+,19+,20+,21+,22+,23-,24-,25-,26-,27+,28+,29-,30-,31+,32+,33+,34+,35+,36+,37-,38+,39-,40-,41-,42-/m0/s1. The molecule has 0 aromatic carbocycles. The van der Waals surface area contributed by atoms with Crippen molar-refractivity contribution in [2.45, 2.75) is 199 Å². The molecule has 38 heteroatoms. The average molecular weight is 1200 g/mol. The maximum Gasteiger partial charge on any atom is 0.397 e. The van der Waals surface area contributed by atoms with E-state index in [-0.39, 0.29) is 0 Å². The molecule has 21 N–H and O–H groups in total. The van der Waals surface area contributed by atoms with Crippen molar-refractivity contribution >= 4 is 28.1 Å². The number of amides is 3. The van der Waals surface area contributed by atoms with Gasteiger partial charge in [0.15, 0.2) is 31.5 Å². The SMILES string of the molecule is CC(=O)N[C@H]1[C@H](O[C@H]2[C@@H](O)[C@@H](CO)O[C@@H](O[C@H]3[C@H](O)[C@@H](NC(C)=O)[C@H](OC[C@@H](O)[C@H](O)[C@H](O[C@@H]4O[C@H](CO)[C@H](O)[C@H](O)[C@H]4O)[C@H](CO)NC(C)=O)O[C@@H]3CO)[C@@H]2O)O[C@H](CO)[C@@H](O[C@@H]2O[C@H](COS(=O)(=O)O)[C@H](O)[C@H](O)[C@H]2O)[C@@H]1O. The van der Waals surface area contributed by atoms with Gasteiger partial charge in [0.1, 0.15) is 140 Å². The zero-order valence-corrected chi connectivity index (χ0v) is 43.5. The summed E-state index contributed by atoms with van der Waals surface area (Å²) in [6.45, 7) is -4.34. The Hall–Kier alpha value is -2.80. The molecule has 5 aliphatic rings. The summed E-state index contributed by atoms with van der Waals surface area (Å²) in [5.41, 5.74) is 0. The lowest BCUT2D eigenvalue weighted by Crippen LogP contribution is -2.70. The molecular formula is C42H73N3O34S. The molecule has 37 nitrogen and oxygen atoms in total. The van der Waals surface area contributed by atoms with E-state index in [1.807, 2.05) is 0 Å². The average Bonchev–Trinajstić information content (AvgIpc) is 3.40. The molecule has 0 saturated carbocycles. The first kappa shape index (κ1) is 68.0. The third-order valence-corrected chi connectivity index (χ3v) is 13.9. The third-order valence-electron chi connectivity index (χ3n) is 13.5. The zero-order valence-electron chi connectivity index (χ0n) is 42.7. The van der Waals surface area contributed by atoms with Crippen LogP contribution in [-0.2, 0) is 76.3 Å². The van der Waals surface area contributed by atoms with Crippen LogP contribution in [0.15, 0.2) is 0 Å². The van der Waals surface area contributed by atoms with E-state index in [0.717, 1.165) is 20.8 Å². The summed E-state index contributed by atoms with van der Waals surface area (Å²) in [6, 6.07) is -5.19. The summed E-state index contributed by atoms with van der Waals surface area (Å²) in [4.78, 5) is 37.1. The Morgan fingerprint density at radius 2 is 0.925 bits per heavy atom. The molecule has 5 saturated heterocycles. The zero-order chi connectivity index (χ0) is 59.8. The number of carbonyl (C=O) groups excluding carboxylic acids is 3. The molecule has 5 rings (SSSR count). The molecule has 466 valence electrons. The number of hydrogen-bond donors (Lipinski definition) is 21. The first-order valence-corrected chi connectivity index (χ1v) is 26.0. The summed E-state index contributed by atoms with van der Waals surface area (Å²) in [5, 5.41) is 190. The molecule has 0 radical (unpaired) electrons. The number of nitrogens with one attached hydrogen (secondary N) is 3. The Morgan fingerprint density at radius 3 is 1.41 bits per heavy atom. The maximum absolute atomic E-state index is 12.5. The van der Waals surface area contributed by atoms with Crippen LogP contribution in [0.2, 0.25) is 0 Å². The molecule has 5 fully saturated rings. The minimum Gasteiger partial charge on any atom is -0.394 e. The van der Waals surface area contributed by atoms with Crippen molar-refractivity contribution in [3.05, 3.63) is 0 Å².